The third-order valence-corrected chi connectivity index (χ3v) is 3.21. The summed E-state index contributed by atoms with van der Waals surface area (Å²) in [5.74, 6) is -2.11. The highest BCUT2D eigenvalue weighted by molar-refractivity contribution is 5.80. The number of hydrogen-bond donors (Lipinski definition) is 2. The van der Waals surface area contributed by atoms with Crippen molar-refractivity contribution in [1.82, 2.24) is 5.32 Å². The number of halogens is 3. The van der Waals surface area contributed by atoms with Gasteiger partial charge >= 0.3 is 12.1 Å². The lowest BCUT2D eigenvalue weighted by Gasteiger charge is -2.25. The summed E-state index contributed by atoms with van der Waals surface area (Å²) < 4.78 is 39.7. The topological polar surface area (TPSA) is 75.6 Å². The Kier molecular flexibility index (Phi) is 6.25. The fraction of sp³-hybridized carbons (Fsp3) is 0.833. The van der Waals surface area contributed by atoms with Gasteiger partial charge in [-0.2, -0.15) is 13.2 Å². The van der Waals surface area contributed by atoms with Crippen molar-refractivity contribution in [2.75, 3.05) is 19.8 Å². The molecule has 20 heavy (non-hydrogen) atoms. The molecule has 0 bridgehead atoms. The fourth-order valence-electron chi connectivity index (χ4n) is 2.23. The van der Waals surface area contributed by atoms with E-state index in [1.165, 1.54) is 0 Å². The Morgan fingerprint density at radius 1 is 1.25 bits per heavy atom. The minimum atomic E-state index is -4.37. The van der Waals surface area contributed by atoms with Crippen LogP contribution in [0.5, 0.6) is 0 Å². The Morgan fingerprint density at radius 2 is 1.90 bits per heavy atom. The molecule has 0 radical (unpaired) electrons. The molecule has 0 saturated heterocycles. The van der Waals surface area contributed by atoms with E-state index in [9.17, 15) is 22.8 Å². The van der Waals surface area contributed by atoms with Crippen LogP contribution >= 0.6 is 0 Å². The van der Waals surface area contributed by atoms with Gasteiger partial charge in [0.1, 0.15) is 6.61 Å². The fourth-order valence-corrected chi connectivity index (χ4v) is 2.23. The van der Waals surface area contributed by atoms with E-state index in [1.54, 1.807) is 0 Å². The van der Waals surface area contributed by atoms with Gasteiger partial charge < -0.3 is 15.2 Å². The molecule has 1 saturated carbocycles. The smallest absolute Gasteiger partial charge is 0.411 e. The molecule has 1 fully saturated rings. The molecular formula is C12H18F3NO4. The third-order valence-electron chi connectivity index (χ3n) is 3.21. The maximum absolute atomic E-state index is 11.8. The van der Waals surface area contributed by atoms with E-state index < -0.39 is 24.7 Å². The number of carbonyl (C=O) groups excluding carboxylic acids is 1. The van der Waals surface area contributed by atoms with Crippen LogP contribution in [0.2, 0.25) is 0 Å². The van der Waals surface area contributed by atoms with E-state index in [2.05, 4.69) is 10.1 Å². The second-order valence-electron chi connectivity index (χ2n) is 4.86. The lowest BCUT2D eigenvalue weighted by atomic mass is 9.81. The molecule has 0 aliphatic heterocycles. The third kappa shape index (κ3) is 6.23. The number of ether oxygens (including phenoxy) is 1. The molecule has 0 spiro atoms. The molecule has 8 heteroatoms. The second-order valence-corrected chi connectivity index (χ2v) is 4.86. The van der Waals surface area contributed by atoms with Crippen molar-refractivity contribution in [2.24, 2.45) is 11.8 Å². The molecule has 2 atom stereocenters. The van der Waals surface area contributed by atoms with Crippen LogP contribution in [0.4, 0.5) is 13.2 Å². The van der Waals surface area contributed by atoms with Gasteiger partial charge in [-0.05, 0) is 19.3 Å². The number of rotatable bonds is 6. The Hall–Kier alpha value is -1.31. The molecule has 0 heterocycles. The van der Waals surface area contributed by atoms with Gasteiger partial charge in [0, 0.05) is 12.5 Å². The van der Waals surface area contributed by atoms with Gasteiger partial charge in [-0.3, -0.25) is 9.59 Å². The highest BCUT2D eigenvalue weighted by Crippen LogP contribution is 2.29. The first-order chi connectivity index (χ1) is 9.29. The van der Waals surface area contributed by atoms with Crippen LogP contribution in [-0.2, 0) is 14.3 Å². The number of aliphatic carboxylic acids is 1. The van der Waals surface area contributed by atoms with Crippen molar-refractivity contribution in [2.45, 2.75) is 31.9 Å². The molecule has 0 aromatic heterocycles. The highest BCUT2D eigenvalue weighted by Gasteiger charge is 2.31. The number of carboxylic acids is 1. The van der Waals surface area contributed by atoms with Crippen molar-refractivity contribution in [3.05, 3.63) is 0 Å². The van der Waals surface area contributed by atoms with Gasteiger partial charge in [0.15, 0.2) is 0 Å². The van der Waals surface area contributed by atoms with Crippen LogP contribution in [-0.4, -0.2) is 42.9 Å². The van der Waals surface area contributed by atoms with Gasteiger partial charge in [-0.1, -0.05) is 6.42 Å². The molecule has 1 aliphatic rings. The van der Waals surface area contributed by atoms with E-state index in [4.69, 9.17) is 5.11 Å². The van der Waals surface area contributed by atoms with Gasteiger partial charge in [0.05, 0.1) is 12.5 Å². The number of carbonyl (C=O) groups is 2. The summed E-state index contributed by atoms with van der Waals surface area (Å²) in [4.78, 5) is 22.6. The number of alkyl halides is 3. The summed E-state index contributed by atoms with van der Waals surface area (Å²) in [6.45, 7) is -1.57. The van der Waals surface area contributed by atoms with Crippen molar-refractivity contribution in [3.8, 4) is 0 Å². The Balaban J connectivity index is 2.20. The first-order valence-corrected chi connectivity index (χ1v) is 6.44. The minimum Gasteiger partial charge on any atom is -0.481 e. The Labute approximate surface area is 114 Å². The van der Waals surface area contributed by atoms with Crippen LogP contribution in [0.25, 0.3) is 0 Å². The predicted molar refractivity (Wildman–Crippen MR) is 63.0 cm³/mol. The minimum absolute atomic E-state index is 0.0108. The van der Waals surface area contributed by atoms with E-state index >= 15 is 0 Å². The summed E-state index contributed by atoms with van der Waals surface area (Å²) in [6, 6.07) is 0. The zero-order chi connectivity index (χ0) is 15.2. The Bertz CT molecular complexity index is 346. The molecule has 1 amide bonds. The quantitative estimate of drug-likeness (QED) is 0.730. The van der Waals surface area contributed by atoms with Gasteiger partial charge in [0.25, 0.3) is 0 Å². The molecule has 0 unspecified atom stereocenters. The van der Waals surface area contributed by atoms with Crippen molar-refractivity contribution >= 4 is 11.9 Å². The monoisotopic (exact) mass is 297 g/mol. The largest absolute Gasteiger partial charge is 0.481 e. The average molecular weight is 297 g/mol. The zero-order valence-corrected chi connectivity index (χ0v) is 10.9. The van der Waals surface area contributed by atoms with E-state index in [0.29, 0.717) is 19.3 Å². The average Bonchev–Trinajstić information content (AvgIpc) is 2.37. The van der Waals surface area contributed by atoms with Gasteiger partial charge in [-0.25, -0.2) is 0 Å². The number of nitrogens with one attached hydrogen (secondary N) is 1. The number of amides is 1. The standard InChI is InChI=1S/C12H18F3NO4/c13-12(14,15)7-20-5-4-16-10(17)8-2-1-3-9(6-8)11(18)19/h8-9H,1-7H2,(H,16,17)(H,18,19)/t8-,9-/m1/s1. The van der Waals surface area contributed by atoms with Crippen molar-refractivity contribution < 1.29 is 32.6 Å². The second kappa shape index (κ2) is 7.47. The summed E-state index contributed by atoms with van der Waals surface area (Å²) in [5, 5.41) is 11.4. The van der Waals surface area contributed by atoms with Crippen LogP contribution < -0.4 is 5.32 Å². The zero-order valence-electron chi connectivity index (χ0n) is 10.9. The van der Waals surface area contributed by atoms with Crippen molar-refractivity contribution in [1.29, 1.82) is 0 Å². The van der Waals surface area contributed by atoms with Crippen LogP contribution in [0.3, 0.4) is 0 Å². The molecule has 0 aromatic rings. The lowest BCUT2D eigenvalue weighted by Crippen LogP contribution is -2.37. The molecule has 1 aliphatic carbocycles. The van der Waals surface area contributed by atoms with E-state index in [1.807, 2.05) is 0 Å². The number of carboxylic acid groups (broad SMARTS) is 1. The molecule has 0 aromatic carbocycles. The first kappa shape index (κ1) is 16.7. The summed E-state index contributed by atoms with van der Waals surface area (Å²) in [7, 11) is 0. The van der Waals surface area contributed by atoms with Crippen LogP contribution in [0, 0.1) is 11.8 Å². The van der Waals surface area contributed by atoms with E-state index in [0.717, 1.165) is 0 Å². The molecule has 1 rings (SSSR count). The molecule has 5 nitrogen and oxygen atoms in total. The van der Waals surface area contributed by atoms with Crippen LogP contribution in [0.15, 0.2) is 0 Å². The highest BCUT2D eigenvalue weighted by atomic mass is 19.4. The molecular weight excluding hydrogens is 279 g/mol. The van der Waals surface area contributed by atoms with Crippen LogP contribution in [0.1, 0.15) is 25.7 Å². The Morgan fingerprint density at radius 3 is 2.50 bits per heavy atom. The normalized spacial score (nSPS) is 23.4. The summed E-state index contributed by atoms with van der Waals surface area (Å²) in [6.07, 6.45) is -2.25. The first-order valence-electron chi connectivity index (χ1n) is 6.44. The summed E-state index contributed by atoms with van der Waals surface area (Å²) in [5.41, 5.74) is 0. The number of hydrogen-bond acceptors (Lipinski definition) is 3. The maximum atomic E-state index is 11.8. The molecule has 2 N–H and O–H groups in total. The SMILES string of the molecule is O=C(O)[C@@H]1CCC[C@@H](C(=O)NCCOCC(F)(F)F)C1. The van der Waals surface area contributed by atoms with Gasteiger partial charge in [0.2, 0.25) is 5.91 Å². The lowest BCUT2D eigenvalue weighted by molar-refractivity contribution is -0.173. The van der Waals surface area contributed by atoms with E-state index in [-0.39, 0.29) is 31.4 Å². The van der Waals surface area contributed by atoms with Crippen molar-refractivity contribution in [3.63, 3.8) is 0 Å². The van der Waals surface area contributed by atoms with Gasteiger partial charge in [-0.15, -0.1) is 0 Å². The maximum Gasteiger partial charge on any atom is 0.411 e. The molecule has 116 valence electrons. The predicted octanol–water partition coefficient (Wildman–Crippen LogP) is 1.57. The summed E-state index contributed by atoms with van der Waals surface area (Å²) >= 11 is 0.